The second-order valence-corrected chi connectivity index (χ2v) is 2.84. The largest absolute Gasteiger partial charge is 0.508 e. The van der Waals surface area contributed by atoms with Crippen LogP contribution in [-0.4, -0.2) is 21.6 Å². The number of aromatic hydroxyl groups is 2. The van der Waals surface area contributed by atoms with Crippen molar-refractivity contribution in [3.8, 4) is 11.5 Å². The Balaban J connectivity index is 3.43. The first-order valence-electron chi connectivity index (χ1n) is 3.77. The summed E-state index contributed by atoms with van der Waals surface area (Å²) in [6.45, 7) is 3.29. The molecule has 0 radical (unpaired) electrons. The van der Waals surface area contributed by atoms with E-state index < -0.39 is 0 Å². The molecular formula is C9H11NO3. The molecule has 0 spiro atoms. The average Bonchev–Trinajstić information content (AvgIpc) is 2.09. The number of phenolic OH excluding ortho intramolecular Hbond substituents is 2. The normalized spacial score (nSPS) is 10.9. The van der Waals surface area contributed by atoms with E-state index in [-0.39, 0.29) is 11.5 Å². The van der Waals surface area contributed by atoms with Gasteiger partial charge in [-0.3, -0.25) is 0 Å². The summed E-state index contributed by atoms with van der Waals surface area (Å²) < 4.78 is 0. The molecule has 0 saturated carbocycles. The third kappa shape index (κ3) is 1.56. The van der Waals surface area contributed by atoms with E-state index in [1.165, 1.54) is 6.07 Å². The fourth-order valence-corrected chi connectivity index (χ4v) is 1.12. The molecule has 1 aromatic rings. The minimum absolute atomic E-state index is 0.0325. The number of aryl methyl sites for hydroxylation is 1. The van der Waals surface area contributed by atoms with Crippen molar-refractivity contribution < 1.29 is 15.4 Å². The second kappa shape index (κ2) is 3.35. The Morgan fingerprint density at radius 1 is 1.31 bits per heavy atom. The first kappa shape index (κ1) is 9.38. The molecule has 0 amide bonds. The van der Waals surface area contributed by atoms with Crippen LogP contribution in [-0.2, 0) is 0 Å². The summed E-state index contributed by atoms with van der Waals surface area (Å²) >= 11 is 0. The molecule has 70 valence electrons. The maximum absolute atomic E-state index is 9.53. The van der Waals surface area contributed by atoms with Crippen molar-refractivity contribution in [3.05, 3.63) is 22.8 Å². The van der Waals surface area contributed by atoms with Gasteiger partial charge in [-0.15, -0.1) is 0 Å². The molecular weight excluding hydrogens is 170 g/mol. The van der Waals surface area contributed by atoms with Gasteiger partial charge in [-0.2, -0.15) is 0 Å². The maximum atomic E-state index is 9.53. The smallest absolute Gasteiger partial charge is 0.131 e. The van der Waals surface area contributed by atoms with Crippen LogP contribution in [0.3, 0.4) is 0 Å². The molecule has 0 heterocycles. The highest BCUT2D eigenvalue weighted by molar-refractivity contribution is 5.86. The van der Waals surface area contributed by atoms with Crippen molar-refractivity contribution >= 4 is 6.21 Å². The predicted molar refractivity (Wildman–Crippen MR) is 48.6 cm³/mol. The fourth-order valence-electron chi connectivity index (χ4n) is 1.12. The van der Waals surface area contributed by atoms with Gasteiger partial charge >= 0.3 is 0 Å². The molecule has 0 aliphatic heterocycles. The highest BCUT2D eigenvalue weighted by Gasteiger charge is 2.10. The van der Waals surface area contributed by atoms with Crippen LogP contribution in [0.4, 0.5) is 0 Å². The molecule has 4 nitrogen and oxygen atoms in total. The van der Waals surface area contributed by atoms with Gasteiger partial charge in [0, 0.05) is 11.1 Å². The summed E-state index contributed by atoms with van der Waals surface area (Å²) in [6.07, 6.45) is 1.14. The van der Waals surface area contributed by atoms with Crippen molar-refractivity contribution in [2.75, 3.05) is 0 Å². The van der Waals surface area contributed by atoms with Crippen LogP contribution in [0.25, 0.3) is 0 Å². The van der Waals surface area contributed by atoms with Crippen LogP contribution in [0.2, 0.25) is 0 Å². The summed E-state index contributed by atoms with van der Waals surface area (Å²) in [5.74, 6) is -0.0274. The molecule has 3 N–H and O–H groups in total. The van der Waals surface area contributed by atoms with Crippen LogP contribution in [0.15, 0.2) is 11.2 Å². The van der Waals surface area contributed by atoms with Crippen molar-refractivity contribution in [2.45, 2.75) is 13.8 Å². The zero-order valence-electron chi connectivity index (χ0n) is 7.44. The van der Waals surface area contributed by atoms with Gasteiger partial charge in [-0.1, -0.05) is 5.16 Å². The molecule has 4 heteroatoms. The van der Waals surface area contributed by atoms with Crippen molar-refractivity contribution in [1.82, 2.24) is 0 Å². The highest BCUT2D eigenvalue weighted by Crippen LogP contribution is 2.31. The first-order valence-corrected chi connectivity index (χ1v) is 3.77. The van der Waals surface area contributed by atoms with Gasteiger partial charge in [0.25, 0.3) is 0 Å². The Morgan fingerprint density at radius 3 is 2.46 bits per heavy atom. The van der Waals surface area contributed by atoms with E-state index in [2.05, 4.69) is 5.16 Å². The number of nitrogens with zero attached hydrogens (tertiary/aromatic N) is 1. The molecule has 1 rings (SSSR count). The maximum Gasteiger partial charge on any atom is 0.131 e. The van der Waals surface area contributed by atoms with Crippen LogP contribution >= 0.6 is 0 Å². The first-order chi connectivity index (χ1) is 6.07. The highest BCUT2D eigenvalue weighted by atomic mass is 16.4. The van der Waals surface area contributed by atoms with E-state index in [0.717, 1.165) is 6.21 Å². The van der Waals surface area contributed by atoms with Crippen molar-refractivity contribution in [3.63, 3.8) is 0 Å². The molecule has 0 fully saturated rings. The van der Waals surface area contributed by atoms with Crippen molar-refractivity contribution in [1.29, 1.82) is 0 Å². The third-order valence-corrected chi connectivity index (χ3v) is 1.96. The lowest BCUT2D eigenvalue weighted by Crippen LogP contribution is -1.91. The van der Waals surface area contributed by atoms with E-state index >= 15 is 0 Å². The zero-order chi connectivity index (χ0) is 10.0. The Morgan fingerprint density at radius 2 is 1.92 bits per heavy atom. The summed E-state index contributed by atoms with van der Waals surface area (Å²) in [6, 6.07) is 1.51. The molecule has 0 aliphatic carbocycles. The molecule has 0 unspecified atom stereocenters. The lowest BCUT2D eigenvalue weighted by Gasteiger charge is -2.07. The lowest BCUT2D eigenvalue weighted by molar-refractivity contribution is 0.321. The molecule has 1 aromatic carbocycles. The number of hydrogen-bond acceptors (Lipinski definition) is 4. The Bertz CT molecular complexity index is 358. The van der Waals surface area contributed by atoms with Gasteiger partial charge in [0.05, 0.1) is 6.21 Å². The topological polar surface area (TPSA) is 73.0 Å². The number of oxime groups is 1. The van der Waals surface area contributed by atoms with Crippen LogP contribution in [0, 0.1) is 13.8 Å². The predicted octanol–water partition coefficient (Wildman–Crippen LogP) is 1.52. The molecule has 0 bridgehead atoms. The van der Waals surface area contributed by atoms with E-state index in [4.69, 9.17) is 5.21 Å². The quantitative estimate of drug-likeness (QED) is 0.349. The molecule has 0 saturated heterocycles. The van der Waals surface area contributed by atoms with E-state index in [1.807, 2.05) is 0 Å². The molecule has 0 aliphatic rings. The van der Waals surface area contributed by atoms with Crippen LogP contribution in [0.5, 0.6) is 11.5 Å². The zero-order valence-corrected chi connectivity index (χ0v) is 7.44. The standard InChI is InChI=1S/C9H11NO3/c1-5-3-8(11)6(2)9(12)7(5)4-10-13/h3-4,11-13H,1-2H3/b10-4+. The summed E-state index contributed by atoms with van der Waals surface area (Å²) in [5, 5.41) is 30.0. The van der Waals surface area contributed by atoms with Gasteiger partial charge < -0.3 is 15.4 Å². The van der Waals surface area contributed by atoms with Gasteiger partial charge in [-0.25, -0.2) is 0 Å². The van der Waals surface area contributed by atoms with Gasteiger partial charge in [0.1, 0.15) is 11.5 Å². The Kier molecular flexibility index (Phi) is 2.41. The minimum Gasteiger partial charge on any atom is -0.508 e. The third-order valence-electron chi connectivity index (χ3n) is 1.96. The van der Waals surface area contributed by atoms with Gasteiger partial charge in [0.15, 0.2) is 0 Å². The van der Waals surface area contributed by atoms with E-state index in [1.54, 1.807) is 13.8 Å². The van der Waals surface area contributed by atoms with Crippen molar-refractivity contribution in [2.24, 2.45) is 5.16 Å². The lowest BCUT2D eigenvalue weighted by atomic mass is 10.0. The second-order valence-electron chi connectivity index (χ2n) is 2.84. The number of hydrogen-bond donors (Lipinski definition) is 3. The number of benzene rings is 1. The molecule has 0 atom stereocenters. The minimum atomic E-state index is -0.0599. The number of phenols is 2. The summed E-state index contributed by atoms with van der Waals surface area (Å²) in [4.78, 5) is 0. The van der Waals surface area contributed by atoms with Crippen LogP contribution in [0.1, 0.15) is 16.7 Å². The van der Waals surface area contributed by atoms with Crippen LogP contribution < -0.4 is 0 Å². The molecule has 0 aromatic heterocycles. The summed E-state index contributed by atoms with van der Waals surface area (Å²) in [5.41, 5.74) is 1.44. The van der Waals surface area contributed by atoms with Gasteiger partial charge in [0.2, 0.25) is 0 Å². The fraction of sp³-hybridized carbons (Fsp3) is 0.222. The van der Waals surface area contributed by atoms with E-state index in [0.29, 0.717) is 16.7 Å². The Labute approximate surface area is 75.8 Å². The monoisotopic (exact) mass is 181 g/mol. The molecule has 13 heavy (non-hydrogen) atoms. The number of rotatable bonds is 1. The Hall–Kier alpha value is -1.71. The van der Waals surface area contributed by atoms with Gasteiger partial charge in [-0.05, 0) is 25.5 Å². The summed E-state index contributed by atoms with van der Waals surface area (Å²) in [7, 11) is 0. The average molecular weight is 181 g/mol. The van der Waals surface area contributed by atoms with E-state index in [9.17, 15) is 10.2 Å². The SMILES string of the molecule is Cc1cc(O)c(C)c(O)c1/C=N/O.